The van der Waals surface area contributed by atoms with E-state index in [9.17, 15) is 15.2 Å². The summed E-state index contributed by atoms with van der Waals surface area (Å²) < 4.78 is 35.2. The van der Waals surface area contributed by atoms with Crippen LogP contribution in [0.3, 0.4) is 0 Å². The molecule has 6 unspecified atom stereocenters. The van der Waals surface area contributed by atoms with Gasteiger partial charge in [-0.15, -0.1) is 0 Å². The first kappa shape index (κ1) is 53.1. The van der Waals surface area contributed by atoms with Gasteiger partial charge in [-0.2, -0.15) is 0 Å². The molecule has 12 rings (SSSR count). The number of aliphatic hydroxyl groups is 1. The highest BCUT2D eigenvalue weighted by atomic mass is 16.7. The molecule has 0 aliphatic carbocycles. The van der Waals surface area contributed by atoms with E-state index in [4.69, 9.17) is 28.4 Å². The Balaban J connectivity index is 1.05. The number of nitro benzene ring substituents is 1. The summed E-state index contributed by atoms with van der Waals surface area (Å²) in [6.07, 6.45) is -2.05. The van der Waals surface area contributed by atoms with Gasteiger partial charge < -0.3 is 38.4 Å². The van der Waals surface area contributed by atoms with Crippen molar-refractivity contribution in [3.8, 4) is 34.8 Å². The van der Waals surface area contributed by atoms with Crippen LogP contribution in [0.4, 0.5) is 16.2 Å². The van der Waals surface area contributed by atoms with E-state index >= 15 is 19.2 Å². The Kier molecular flexibility index (Phi) is 14.6. The van der Waals surface area contributed by atoms with Gasteiger partial charge in [-0.05, 0) is 112 Å². The van der Waals surface area contributed by atoms with Gasteiger partial charge in [0.1, 0.15) is 42.3 Å². The van der Waals surface area contributed by atoms with Gasteiger partial charge in [0, 0.05) is 56.0 Å². The zero-order chi connectivity index (χ0) is 56.5. The number of hydrogen-bond acceptors (Lipinski definition) is 15. The number of nitrogens with zero attached hydrogens (tertiary/aromatic N) is 5. The molecule has 6 atom stereocenters. The summed E-state index contributed by atoms with van der Waals surface area (Å²) in [5.74, 6) is 5.26. The number of amides is 3. The molecule has 1 N–H and O–H groups in total. The van der Waals surface area contributed by atoms with Crippen molar-refractivity contribution in [2.45, 2.75) is 42.8 Å². The summed E-state index contributed by atoms with van der Waals surface area (Å²) in [6, 6.07) is 45.9. The number of imide groups is 1. The molecule has 7 aromatic carbocycles. The summed E-state index contributed by atoms with van der Waals surface area (Å²) in [5.41, 5.74) is 2.49. The first-order valence-electron chi connectivity index (χ1n) is 26.9. The summed E-state index contributed by atoms with van der Waals surface area (Å²) in [6.45, 7) is 1.42. The zero-order valence-electron chi connectivity index (χ0n) is 44.5. The number of aliphatic hydroxyl groups excluding tert-OH is 1. The fourth-order valence-electron chi connectivity index (χ4n) is 12.2. The topological polar surface area (TPSA) is 200 Å². The van der Waals surface area contributed by atoms with Gasteiger partial charge >= 0.3 is 12.1 Å². The van der Waals surface area contributed by atoms with E-state index in [0.717, 1.165) is 16.0 Å². The number of esters is 1. The zero-order valence-corrected chi connectivity index (χ0v) is 44.5. The first-order chi connectivity index (χ1) is 40.0. The van der Waals surface area contributed by atoms with E-state index in [0.29, 0.717) is 70.4 Å². The normalized spacial score (nSPS) is 21.7. The van der Waals surface area contributed by atoms with Crippen LogP contribution in [0.2, 0.25) is 0 Å². The number of methoxy groups -OCH3 is 1. The molecule has 5 aliphatic rings. The standard InChI is InChI=1S/C64H55N5O13/c1-77-49-24-16-41(17-25-49)12-13-42-18-28-52-51(36-42)64(62(73)67(52)63(74)79-39-43-14-22-48(23-15-43)69(75)76)55(60(71)66-32-30-65(31-33-66)38-44-19-29-53-54(37-44)81-40-80-53)57-61(72)82-58(46-10-6-3-7-11-46)56(45-8-4-2-5-9-45)68(57)59(64)47-20-26-50(27-21-47)78-35-34-70/h2-11,14-29,36-37,55-59,70H,30-35,38-40H2,1H3. The third-order valence-electron chi connectivity index (χ3n) is 15.9. The molecule has 18 nitrogen and oxygen atoms in total. The second kappa shape index (κ2) is 22.5. The van der Waals surface area contributed by atoms with E-state index in [-0.39, 0.29) is 56.6 Å². The number of carbonyl (C=O) groups excluding carboxylic acids is 4. The fraction of sp³-hybridized carbons (Fsp3) is 0.250. The van der Waals surface area contributed by atoms with E-state index in [2.05, 4.69) is 16.7 Å². The minimum Gasteiger partial charge on any atom is -0.497 e. The van der Waals surface area contributed by atoms with Gasteiger partial charge in [0.05, 0.1) is 42.3 Å². The fourth-order valence-corrected chi connectivity index (χ4v) is 12.2. The maximum absolute atomic E-state index is 17.0. The number of morpholine rings is 1. The maximum Gasteiger partial charge on any atom is 0.421 e. The lowest BCUT2D eigenvalue weighted by atomic mass is 9.64. The Hall–Kier alpha value is -9.54. The van der Waals surface area contributed by atoms with Crippen molar-refractivity contribution < 1.29 is 57.6 Å². The molecule has 3 fully saturated rings. The number of piperazine rings is 1. The molecular weight excluding hydrogens is 1050 g/mol. The molecule has 5 heterocycles. The van der Waals surface area contributed by atoms with Crippen molar-refractivity contribution in [3.63, 3.8) is 0 Å². The van der Waals surface area contributed by atoms with Gasteiger partial charge in [0.2, 0.25) is 18.6 Å². The van der Waals surface area contributed by atoms with Crippen LogP contribution in [0.1, 0.15) is 62.7 Å². The average Bonchev–Trinajstić information content (AvgIpc) is 3.69. The maximum atomic E-state index is 17.0. The predicted molar refractivity (Wildman–Crippen MR) is 298 cm³/mol. The van der Waals surface area contributed by atoms with Crippen LogP contribution in [0.15, 0.2) is 170 Å². The molecule has 82 heavy (non-hydrogen) atoms. The van der Waals surface area contributed by atoms with Crippen LogP contribution in [0.5, 0.6) is 23.0 Å². The Morgan fingerprint density at radius 1 is 0.720 bits per heavy atom. The third-order valence-corrected chi connectivity index (χ3v) is 15.9. The van der Waals surface area contributed by atoms with Crippen LogP contribution in [-0.2, 0) is 42.4 Å². The third kappa shape index (κ3) is 9.78. The minimum atomic E-state index is -2.12. The van der Waals surface area contributed by atoms with Crippen molar-refractivity contribution >= 4 is 35.3 Å². The Bertz CT molecular complexity index is 3620. The number of anilines is 1. The van der Waals surface area contributed by atoms with E-state index in [1.165, 1.54) is 24.3 Å². The highest BCUT2D eigenvalue weighted by molar-refractivity contribution is 6.23. The molecular formula is C64H55N5O13. The first-order valence-corrected chi connectivity index (χ1v) is 26.9. The van der Waals surface area contributed by atoms with Crippen molar-refractivity contribution in [1.29, 1.82) is 0 Å². The van der Waals surface area contributed by atoms with Gasteiger partial charge in [-0.3, -0.25) is 34.3 Å². The van der Waals surface area contributed by atoms with Crippen LogP contribution in [0.25, 0.3) is 0 Å². The van der Waals surface area contributed by atoms with Crippen LogP contribution in [-0.4, -0.2) is 108 Å². The van der Waals surface area contributed by atoms with Gasteiger partial charge in [0.25, 0.3) is 5.69 Å². The smallest absolute Gasteiger partial charge is 0.421 e. The largest absolute Gasteiger partial charge is 0.497 e. The summed E-state index contributed by atoms with van der Waals surface area (Å²) >= 11 is 0. The second-order valence-corrected chi connectivity index (χ2v) is 20.5. The number of non-ortho nitro benzene ring substituents is 1. The molecule has 0 aromatic heterocycles. The quantitative estimate of drug-likeness (QED) is 0.0499. The number of rotatable bonds is 13. The molecule has 0 bridgehead atoms. The highest BCUT2D eigenvalue weighted by Gasteiger charge is 2.76. The second-order valence-electron chi connectivity index (χ2n) is 20.5. The minimum absolute atomic E-state index is 0.00522. The van der Waals surface area contributed by atoms with Crippen LogP contribution in [0, 0.1) is 27.9 Å². The van der Waals surface area contributed by atoms with Gasteiger partial charge in [-0.1, -0.05) is 90.7 Å². The lowest BCUT2D eigenvalue weighted by Gasteiger charge is -2.46. The summed E-state index contributed by atoms with van der Waals surface area (Å²) in [7, 11) is 1.57. The molecule has 7 aromatic rings. The van der Waals surface area contributed by atoms with E-state index < -0.39 is 64.4 Å². The summed E-state index contributed by atoms with van der Waals surface area (Å²) in [5, 5.41) is 21.3. The van der Waals surface area contributed by atoms with E-state index in [1.54, 1.807) is 66.6 Å². The molecule has 0 radical (unpaired) electrons. The van der Waals surface area contributed by atoms with Crippen LogP contribution < -0.4 is 23.8 Å². The Morgan fingerprint density at radius 3 is 2.07 bits per heavy atom. The summed E-state index contributed by atoms with van der Waals surface area (Å²) in [4.78, 5) is 82.3. The number of nitro groups is 1. The molecule has 18 heteroatoms. The molecule has 3 amide bonds. The average molecular weight is 1100 g/mol. The lowest BCUT2D eigenvalue weighted by Crippen LogP contribution is -2.59. The lowest BCUT2D eigenvalue weighted by molar-refractivity contribution is -0.384. The molecule has 0 saturated carbocycles. The van der Waals surface area contributed by atoms with E-state index in [1.807, 2.05) is 95.9 Å². The Morgan fingerprint density at radius 2 is 1.38 bits per heavy atom. The number of cyclic esters (lactones) is 1. The van der Waals surface area contributed by atoms with Crippen molar-refractivity contribution in [1.82, 2.24) is 14.7 Å². The number of ether oxygens (including phenoxy) is 6. The number of fused-ring (bicyclic) bond motifs is 4. The highest BCUT2D eigenvalue weighted by Crippen LogP contribution is 2.66. The van der Waals surface area contributed by atoms with Crippen molar-refractivity contribution in [2.24, 2.45) is 5.92 Å². The molecule has 5 aliphatic heterocycles. The monoisotopic (exact) mass is 1100 g/mol. The molecule has 3 saturated heterocycles. The predicted octanol–water partition coefficient (Wildman–Crippen LogP) is 8.45. The molecule has 414 valence electrons. The number of benzene rings is 7. The number of carbonyl (C=O) groups is 4. The Labute approximate surface area is 472 Å². The molecule has 1 spiro atoms. The van der Waals surface area contributed by atoms with Crippen molar-refractivity contribution in [2.75, 3.05) is 58.2 Å². The van der Waals surface area contributed by atoms with Gasteiger partial charge in [-0.25, -0.2) is 9.69 Å². The van der Waals surface area contributed by atoms with Crippen LogP contribution >= 0.6 is 0 Å². The number of hydrogen-bond donors (Lipinski definition) is 1. The van der Waals surface area contributed by atoms with Crippen molar-refractivity contribution in [3.05, 3.63) is 224 Å². The van der Waals surface area contributed by atoms with Gasteiger partial charge in [0.15, 0.2) is 11.5 Å². The SMILES string of the molecule is COc1ccc(C#Cc2ccc3c(c2)C2(C(=O)N3C(=O)OCc3ccc([N+](=O)[O-])cc3)C(C(=O)N3CCN(Cc4ccc5c(c4)OCO5)CC3)C3C(=O)OC(c4ccccc4)C(c4ccccc4)N3C2c2ccc(OCCO)cc2)cc1.